The molecule has 28 heavy (non-hydrogen) atoms. The third-order valence-electron chi connectivity index (χ3n) is 6.10. The molecule has 0 amide bonds. The van der Waals surface area contributed by atoms with Crippen molar-refractivity contribution in [3.8, 4) is 17.3 Å². The average Bonchev–Trinajstić information content (AvgIpc) is 3.42. The van der Waals surface area contributed by atoms with Gasteiger partial charge in [-0.05, 0) is 37.3 Å². The van der Waals surface area contributed by atoms with Gasteiger partial charge >= 0.3 is 0 Å². The molecular formula is C21H21F2N3O2. The predicted molar refractivity (Wildman–Crippen MR) is 98.4 cm³/mol. The molecule has 1 saturated carbocycles. The van der Waals surface area contributed by atoms with Gasteiger partial charge in [0, 0.05) is 23.0 Å². The highest BCUT2D eigenvalue weighted by molar-refractivity contribution is 5.62. The SMILES string of the molecule is CC(C)(CO)c1cnc(-c2nn(-c3ccc(F)cc3F)c3c2[C@@H]2CC[C@H]3C2)o1. The van der Waals surface area contributed by atoms with E-state index in [9.17, 15) is 13.9 Å². The first kappa shape index (κ1) is 17.6. The molecule has 0 aliphatic heterocycles. The third kappa shape index (κ3) is 2.45. The van der Waals surface area contributed by atoms with Crippen LogP contribution < -0.4 is 0 Å². The number of rotatable bonds is 4. The van der Waals surface area contributed by atoms with Crippen LogP contribution >= 0.6 is 0 Å². The summed E-state index contributed by atoms with van der Waals surface area (Å²) in [5, 5.41) is 14.3. The van der Waals surface area contributed by atoms with Gasteiger partial charge in [0.2, 0.25) is 5.89 Å². The third-order valence-corrected chi connectivity index (χ3v) is 6.10. The summed E-state index contributed by atoms with van der Waals surface area (Å²) in [7, 11) is 0. The minimum absolute atomic E-state index is 0.0698. The Morgan fingerprint density at radius 1 is 1.25 bits per heavy atom. The number of fused-ring (bicyclic) bond motifs is 5. The normalized spacial score (nSPS) is 20.8. The predicted octanol–water partition coefficient (Wildman–Crippen LogP) is 4.44. The zero-order valence-corrected chi connectivity index (χ0v) is 15.7. The van der Waals surface area contributed by atoms with Crippen molar-refractivity contribution in [2.24, 2.45) is 0 Å². The van der Waals surface area contributed by atoms with Crippen LogP contribution in [0.2, 0.25) is 0 Å². The van der Waals surface area contributed by atoms with Crippen LogP contribution in [0.3, 0.4) is 0 Å². The summed E-state index contributed by atoms with van der Waals surface area (Å²) < 4.78 is 35.4. The Balaban J connectivity index is 1.68. The summed E-state index contributed by atoms with van der Waals surface area (Å²) in [6.45, 7) is 3.67. The van der Waals surface area contributed by atoms with E-state index in [1.807, 2.05) is 13.8 Å². The number of aliphatic hydroxyl groups is 1. The highest BCUT2D eigenvalue weighted by Gasteiger charge is 2.44. The van der Waals surface area contributed by atoms with Crippen LogP contribution in [0.15, 0.2) is 28.8 Å². The maximum Gasteiger partial charge on any atom is 0.247 e. The molecule has 2 bridgehead atoms. The van der Waals surface area contributed by atoms with Gasteiger partial charge in [0.05, 0.1) is 18.5 Å². The zero-order valence-electron chi connectivity index (χ0n) is 15.7. The number of nitrogens with zero attached hydrogens (tertiary/aromatic N) is 3. The summed E-state index contributed by atoms with van der Waals surface area (Å²) in [6.07, 6.45) is 4.74. The van der Waals surface area contributed by atoms with E-state index in [1.54, 1.807) is 10.9 Å². The summed E-state index contributed by atoms with van der Waals surface area (Å²) >= 11 is 0. The first-order chi connectivity index (χ1) is 13.4. The maximum absolute atomic E-state index is 14.5. The number of aromatic nitrogens is 3. The van der Waals surface area contributed by atoms with E-state index in [2.05, 4.69) is 10.1 Å². The smallest absolute Gasteiger partial charge is 0.247 e. The first-order valence-corrected chi connectivity index (χ1v) is 9.55. The maximum atomic E-state index is 14.5. The van der Waals surface area contributed by atoms with Crippen molar-refractivity contribution in [2.75, 3.05) is 6.61 Å². The van der Waals surface area contributed by atoms with Gasteiger partial charge in [-0.3, -0.25) is 0 Å². The second kappa shape index (κ2) is 5.98. The largest absolute Gasteiger partial charge is 0.439 e. The summed E-state index contributed by atoms with van der Waals surface area (Å²) in [6, 6.07) is 3.54. The van der Waals surface area contributed by atoms with E-state index in [0.29, 0.717) is 29.2 Å². The summed E-state index contributed by atoms with van der Waals surface area (Å²) in [5.74, 6) is 0.359. The number of hydrogen-bond donors (Lipinski definition) is 1. The Bertz CT molecular complexity index is 1070. The van der Waals surface area contributed by atoms with Crippen molar-refractivity contribution in [1.82, 2.24) is 14.8 Å². The highest BCUT2D eigenvalue weighted by Crippen LogP contribution is 2.56. The second-order valence-corrected chi connectivity index (χ2v) is 8.43. The zero-order chi connectivity index (χ0) is 19.6. The molecule has 146 valence electrons. The quantitative estimate of drug-likeness (QED) is 0.721. The van der Waals surface area contributed by atoms with Gasteiger partial charge in [0.15, 0.2) is 11.5 Å². The Kier molecular flexibility index (Phi) is 3.75. The monoisotopic (exact) mass is 385 g/mol. The molecule has 2 atom stereocenters. The van der Waals surface area contributed by atoms with Crippen molar-refractivity contribution in [2.45, 2.75) is 50.4 Å². The van der Waals surface area contributed by atoms with Crippen molar-refractivity contribution in [3.63, 3.8) is 0 Å². The number of halogens is 2. The van der Waals surface area contributed by atoms with Crippen LogP contribution in [-0.2, 0) is 5.41 Å². The molecule has 2 heterocycles. The van der Waals surface area contributed by atoms with E-state index in [0.717, 1.165) is 36.6 Å². The fourth-order valence-corrected chi connectivity index (χ4v) is 4.50. The van der Waals surface area contributed by atoms with Gasteiger partial charge < -0.3 is 9.52 Å². The minimum atomic E-state index is -0.644. The van der Waals surface area contributed by atoms with E-state index >= 15 is 0 Å². The fraction of sp³-hybridized carbons (Fsp3) is 0.429. The minimum Gasteiger partial charge on any atom is -0.439 e. The van der Waals surface area contributed by atoms with E-state index in [1.165, 1.54) is 12.1 Å². The second-order valence-electron chi connectivity index (χ2n) is 8.43. The van der Waals surface area contributed by atoms with Crippen molar-refractivity contribution < 1.29 is 18.3 Å². The van der Waals surface area contributed by atoms with Gasteiger partial charge in [-0.15, -0.1) is 0 Å². The Morgan fingerprint density at radius 3 is 2.79 bits per heavy atom. The number of benzene rings is 1. The summed E-state index contributed by atoms with van der Waals surface area (Å²) in [4.78, 5) is 4.40. The number of hydrogen-bond acceptors (Lipinski definition) is 4. The lowest BCUT2D eigenvalue weighted by molar-refractivity contribution is 0.198. The number of oxazole rings is 1. The van der Waals surface area contributed by atoms with Crippen LogP contribution in [0.25, 0.3) is 17.3 Å². The van der Waals surface area contributed by atoms with Gasteiger partial charge in [-0.25, -0.2) is 18.4 Å². The molecule has 0 radical (unpaired) electrons. The lowest BCUT2D eigenvalue weighted by Gasteiger charge is -2.17. The van der Waals surface area contributed by atoms with E-state index < -0.39 is 17.0 Å². The lowest BCUT2D eigenvalue weighted by atomic mass is 9.92. The van der Waals surface area contributed by atoms with Gasteiger partial charge in [0.1, 0.15) is 17.3 Å². The summed E-state index contributed by atoms with van der Waals surface area (Å²) in [5.41, 5.74) is 2.34. The van der Waals surface area contributed by atoms with Crippen LogP contribution in [0.5, 0.6) is 0 Å². The molecule has 1 aromatic carbocycles. The van der Waals surface area contributed by atoms with Gasteiger partial charge in [-0.1, -0.05) is 13.8 Å². The fourth-order valence-electron chi connectivity index (χ4n) is 4.50. The van der Waals surface area contributed by atoms with Crippen LogP contribution in [-0.4, -0.2) is 26.5 Å². The average molecular weight is 385 g/mol. The molecule has 5 nitrogen and oxygen atoms in total. The molecule has 1 fully saturated rings. The first-order valence-electron chi connectivity index (χ1n) is 9.55. The van der Waals surface area contributed by atoms with Crippen molar-refractivity contribution >= 4 is 0 Å². The molecule has 5 rings (SSSR count). The van der Waals surface area contributed by atoms with E-state index in [-0.39, 0.29) is 12.3 Å². The molecular weight excluding hydrogens is 364 g/mol. The molecule has 0 spiro atoms. The standard InChI is InChI=1S/C21H21F2N3O2/c1-21(2,10-27)16-9-24-20(28-16)18-17-11-3-4-12(7-11)19(17)26(25-18)15-6-5-13(22)8-14(15)23/h5-6,8-9,11-12,27H,3-4,7,10H2,1-2H3/t11-,12+/m1/s1. The van der Waals surface area contributed by atoms with Gasteiger partial charge in [0.25, 0.3) is 0 Å². The topological polar surface area (TPSA) is 64.1 Å². The Hall–Kier alpha value is -2.54. The van der Waals surface area contributed by atoms with E-state index in [4.69, 9.17) is 4.42 Å². The van der Waals surface area contributed by atoms with Crippen LogP contribution in [0.1, 0.15) is 62.0 Å². The molecule has 3 aromatic rings. The van der Waals surface area contributed by atoms with Crippen molar-refractivity contribution in [1.29, 1.82) is 0 Å². The lowest BCUT2D eigenvalue weighted by Crippen LogP contribution is -2.21. The highest BCUT2D eigenvalue weighted by atomic mass is 19.1. The molecule has 0 saturated heterocycles. The van der Waals surface area contributed by atoms with Gasteiger partial charge in [-0.2, -0.15) is 5.10 Å². The Morgan fingerprint density at radius 2 is 2.04 bits per heavy atom. The van der Waals surface area contributed by atoms with Crippen LogP contribution in [0.4, 0.5) is 8.78 Å². The van der Waals surface area contributed by atoms with Crippen LogP contribution in [0, 0.1) is 11.6 Å². The molecule has 1 N–H and O–H groups in total. The molecule has 0 unspecified atom stereocenters. The molecule has 7 heteroatoms. The molecule has 2 aliphatic carbocycles. The Labute approximate surface area is 161 Å². The molecule has 2 aliphatic rings. The molecule has 2 aromatic heterocycles. The number of aliphatic hydroxyl groups excluding tert-OH is 1. The van der Waals surface area contributed by atoms with Crippen molar-refractivity contribution in [3.05, 3.63) is 53.0 Å².